The van der Waals surface area contributed by atoms with Crippen molar-refractivity contribution in [1.82, 2.24) is 15.1 Å². The van der Waals surface area contributed by atoms with Crippen LogP contribution in [0, 0.1) is 0 Å². The minimum Gasteiger partial charge on any atom is -0.493 e. The van der Waals surface area contributed by atoms with E-state index in [1.54, 1.807) is 18.3 Å². The van der Waals surface area contributed by atoms with Crippen molar-refractivity contribution in [1.29, 1.82) is 0 Å². The van der Waals surface area contributed by atoms with E-state index in [-0.39, 0.29) is 11.5 Å². The van der Waals surface area contributed by atoms with Gasteiger partial charge in [-0.25, -0.2) is 0 Å². The summed E-state index contributed by atoms with van der Waals surface area (Å²) < 4.78 is 36.5. The van der Waals surface area contributed by atoms with E-state index < -0.39 is 6.61 Å². The Morgan fingerprint density at radius 2 is 1.85 bits per heavy atom. The molecule has 0 unspecified atom stereocenters. The molecule has 0 saturated heterocycles. The molecule has 3 rings (SSSR count). The first kappa shape index (κ1) is 18.8. The molecule has 0 aliphatic rings. The minimum atomic E-state index is -2.89. The standard InChI is InChI=1S/C20H21F2N3O2/c1-26-18-8-7-15(11-19(18)27-20(21)22)12-23-13-16-5-2-3-6-17(16)14-25-10-4-9-24-25/h2-11,20,23H,12-14H2,1H3. The average molecular weight is 373 g/mol. The number of alkyl halides is 2. The lowest BCUT2D eigenvalue weighted by Gasteiger charge is -2.13. The summed E-state index contributed by atoms with van der Waals surface area (Å²) in [6.45, 7) is -1.04. The molecule has 0 saturated carbocycles. The predicted molar refractivity (Wildman–Crippen MR) is 97.9 cm³/mol. The molecule has 3 aromatic rings. The van der Waals surface area contributed by atoms with Crippen molar-refractivity contribution in [2.24, 2.45) is 0 Å². The van der Waals surface area contributed by atoms with E-state index in [9.17, 15) is 8.78 Å². The number of hydrogen-bond donors (Lipinski definition) is 1. The van der Waals surface area contributed by atoms with Crippen LogP contribution in [0.2, 0.25) is 0 Å². The molecule has 0 radical (unpaired) electrons. The summed E-state index contributed by atoms with van der Waals surface area (Å²) in [5, 5.41) is 7.58. The quantitative estimate of drug-likeness (QED) is 0.619. The minimum absolute atomic E-state index is 0.0332. The van der Waals surface area contributed by atoms with Crippen LogP contribution in [0.1, 0.15) is 16.7 Å². The number of rotatable bonds is 9. The first-order valence-corrected chi connectivity index (χ1v) is 8.52. The third-order valence-electron chi connectivity index (χ3n) is 4.10. The Balaban J connectivity index is 1.63. The molecule has 7 heteroatoms. The molecule has 0 bridgehead atoms. The molecule has 0 atom stereocenters. The summed E-state index contributed by atoms with van der Waals surface area (Å²) in [5.74, 6) is 0.314. The van der Waals surface area contributed by atoms with Crippen molar-refractivity contribution >= 4 is 0 Å². The molecule has 1 heterocycles. The van der Waals surface area contributed by atoms with E-state index in [0.29, 0.717) is 19.6 Å². The van der Waals surface area contributed by atoms with Crippen LogP contribution in [0.3, 0.4) is 0 Å². The van der Waals surface area contributed by atoms with E-state index in [4.69, 9.17) is 4.74 Å². The van der Waals surface area contributed by atoms with E-state index >= 15 is 0 Å². The van der Waals surface area contributed by atoms with Gasteiger partial charge in [-0.2, -0.15) is 13.9 Å². The molecule has 1 aromatic heterocycles. The Morgan fingerprint density at radius 1 is 1.04 bits per heavy atom. The second-order valence-corrected chi connectivity index (χ2v) is 5.94. The van der Waals surface area contributed by atoms with Gasteiger partial charge in [-0.05, 0) is 34.9 Å². The number of halogens is 2. The van der Waals surface area contributed by atoms with Gasteiger partial charge in [-0.1, -0.05) is 30.3 Å². The van der Waals surface area contributed by atoms with E-state index in [1.807, 2.05) is 35.1 Å². The summed E-state index contributed by atoms with van der Waals surface area (Å²) >= 11 is 0. The third kappa shape index (κ3) is 5.27. The smallest absolute Gasteiger partial charge is 0.387 e. The zero-order valence-electron chi connectivity index (χ0n) is 14.9. The molecule has 0 aliphatic heterocycles. The van der Waals surface area contributed by atoms with Crippen LogP contribution < -0.4 is 14.8 Å². The topological polar surface area (TPSA) is 48.3 Å². The van der Waals surface area contributed by atoms with Crippen molar-refractivity contribution < 1.29 is 18.3 Å². The van der Waals surface area contributed by atoms with Crippen molar-refractivity contribution in [3.63, 3.8) is 0 Å². The van der Waals surface area contributed by atoms with Crippen LogP contribution >= 0.6 is 0 Å². The Hall–Kier alpha value is -2.93. The van der Waals surface area contributed by atoms with Gasteiger partial charge in [0.05, 0.1) is 13.7 Å². The Morgan fingerprint density at radius 3 is 2.56 bits per heavy atom. The largest absolute Gasteiger partial charge is 0.493 e. The lowest BCUT2D eigenvalue weighted by atomic mass is 10.1. The zero-order valence-corrected chi connectivity index (χ0v) is 14.9. The van der Waals surface area contributed by atoms with E-state index in [2.05, 4.69) is 27.3 Å². The normalized spacial score (nSPS) is 11.0. The highest BCUT2D eigenvalue weighted by Crippen LogP contribution is 2.29. The molecule has 0 aliphatic carbocycles. The summed E-state index contributed by atoms with van der Waals surface area (Å²) in [7, 11) is 1.42. The SMILES string of the molecule is COc1ccc(CNCc2ccccc2Cn2cccn2)cc1OC(F)F. The number of hydrogen-bond acceptors (Lipinski definition) is 4. The summed E-state index contributed by atoms with van der Waals surface area (Å²) in [4.78, 5) is 0. The number of aromatic nitrogens is 2. The third-order valence-corrected chi connectivity index (χ3v) is 4.10. The van der Waals surface area contributed by atoms with Gasteiger partial charge < -0.3 is 14.8 Å². The highest BCUT2D eigenvalue weighted by Gasteiger charge is 2.11. The first-order chi connectivity index (χ1) is 13.2. The fourth-order valence-electron chi connectivity index (χ4n) is 2.81. The second kappa shape index (κ2) is 9.14. The van der Waals surface area contributed by atoms with Crippen LogP contribution in [-0.4, -0.2) is 23.5 Å². The fraction of sp³-hybridized carbons (Fsp3) is 0.250. The van der Waals surface area contributed by atoms with Gasteiger partial charge >= 0.3 is 6.61 Å². The van der Waals surface area contributed by atoms with E-state index in [0.717, 1.165) is 11.1 Å². The number of ether oxygens (including phenoxy) is 2. The number of methoxy groups -OCH3 is 1. The monoisotopic (exact) mass is 373 g/mol. The maximum Gasteiger partial charge on any atom is 0.387 e. The van der Waals surface area contributed by atoms with Crippen LogP contribution in [0.25, 0.3) is 0 Å². The van der Waals surface area contributed by atoms with Crippen LogP contribution in [0.15, 0.2) is 60.9 Å². The van der Waals surface area contributed by atoms with E-state index in [1.165, 1.54) is 12.7 Å². The second-order valence-electron chi connectivity index (χ2n) is 5.94. The van der Waals surface area contributed by atoms with Crippen molar-refractivity contribution in [3.8, 4) is 11.5 Å². The first-order valence-electron chi connectivity index (χ1n) is 8.52. The maximum atomic E-state index is 12.5. The molecule has 1 N–H and O–H groups in total. The van der Waals surface area contributed by atoms with Gasteiger partial charge in [0, 0.05) is 25.5 Å². The average Bonchev–Trinajstić information content (AvgIpc) is 3.16. The van der Waals surface area contributed by atoms with Crippen LogP contribution in [0.4, 0.5) is 8.78 Å². The maximum absolute atomic E-state index is 12.5. The van der Waals surface area contributed by atoms with Crippen LogP contribution in [0.5, 0.6) is 11.5 Å². The Labute approximate surface area is 156 Å². The molecule has 2 aromatic carbocycles. The molecule has 0 spiro atoms. The lowest BCUT2D eigenvalue weighted by Crippen LogP contribution is -2.15. The molecule has 5 nitrogen and oxygen atoms in total. The number of benzene rings is 2. The summed E-state index contributed by atoms with van der Waals surface area (Å²) in [6.07, 6.45) is 3.68. The van der Waals surface area contributed by atoms with Crippen molar-refractivity contribution in [2.75, 3.05) is 7.11 Å². The van der Waals surface area contributed by atoms with Gasteiger partial charge in [0.2, 0.25) is 0 Å². The zero-order chi connectivity index (χ0) is 19.1. The van der Waals surface area contributed by atoms with Gasteiger partial charge in [0.1, 0.15) is 0 Å². The summed E-state index contributed by atoms with van der Waals surface area (Å²) in [6, 6.07) is 15.0. The number of nitrogens with one attached hydrogen (secondary N) is 1. The van der Waals surface area contributed by atoms with Gasteiger partial charge in [0.25, 0.3) is 0 Å². The Kier molecular flexibility index (Phi) is 6.38. The highest BCUT2D eigenvalue weighted by molar-refractivity contribution is 5.43. The van der Waals surface area contributed by atoms with Crippen molar-refractivity contribution in [2.45, 2.75) is 26.2 Å². The van der Waals surface area contributed by atoms with Crippen molar-refractivity contribution in [3.05, 3.63) is 77.6 Å². The van der Waals surface area contributed by atoms with Gasteiger partial charge in [0.15, 0.2) is 11.5 Å². The molecule has 0 fully saturated rings. The molecule has 0 amide bonds. The molecular formula is C20H21F2N3O2. The van der Waals surface area contributed by atoms with Gasteiger partial charge in [-0.3, -0.25) is 4.68 Å². The van der Waals surface area contributed by atoms with Crippen LogP contribution in [-0.2, 0) is 19.6 Å². The highest BCUT2D eigenvalue weighted by atomic mass is 19.3. The lowest BCUT2D eigenvalue weighted by molar-refractivity contribution is -0.0512. The molecule has 142 valence electrons. The van der Waals surface area contributed by atoms with Gasteiger partial charge in [-0.15, -0.1) is 0 Å². The molecule has 27 heavy (non-hydrogen) atoms. The number of nitrogens with zero attached hydrogens (tertiary/aromatic N) is 2. The predicted octanol–water partition coefficient (Wildman–Crippen LogP) is 3.83. The molecular weight excluding hydrogens is 352 g/mol. The fourth-order valence-corrected chi connectivity index (χ4v) is 2.81. The summed E-state index contributed by atoms with van der Waals surface area (Å²) in [5.41, 5.74) is 3.16. The Bertz CT molecular complexity index is 854.